The molecule has 0 unspecified atom stereocenters. The van der Waals surface area contributed by atoms with Crippen LogP contribution in [0.1, 0.15) is 26.5 Å². The molecule has 0 amide bonds. The third kappa shape index (κ3) is 3.23. The summed E-state index contributed by atoms with van der Waals surface area (Å²) >= 11 is 0. The van der Waals surface area contributed by atoms with Gasteiger partial charge in [0.25, 0.3) is 0 Å². The Morgan fingerprint density at radius 3 is 2.04 bits per heavy atom. The second-order valence-corrected chi connectivity index (χ2v) is 7.64. The first-order chi connectivity index (χ1) is 12.5. The number of nitrogens with zero attached hydrogens (tertiary/aromatic N) is 2. The summed E-state index contributed by atoms with van der Waals surface area (Å²) in [5.41, 5.74) is 4.14. The van der Waals surface area contributed by atoms with Crippen molar-refractivity contribution < 1.29 is 0 Å². The smallest absolute Gasteiger partial charge is 0.160 e. The summed E-state index contributed by atoms with van der Waals surface area (Å²) in [6, 6.07) is 27.2. The van der Waals surface area contributed by atoms with Crippen LogP contribution in [0.4, 0.5) is 0 Å². The molecule has 0 fully saturated rings. The highest BCUT2D eigenvalue weighted by molar-refractivity contribution is 5.87. The molecule has 26 heavy (non-hydrogen) atoms. The van der Waals surface area contributed by atoms with Crippen molar-refractivity contribution in [1.82, 2.24) is 9.97 Å². The van der Waals surface area contributed by atoms with E-state index in [0.717, 1.165) is 28.3 Å². The van der Waals surface area contributed by atoms with Crippen molar-refractivity contribution in [3.8, 4) is 22.6 Å². The molecule has 2 heteroatoms. The highest BCUT2D eigenvalue weighted by Gasteiger charge is 2.19. The molecule has 4 rings (SSSR count). The molecule has 0 saturated heterocycles. The summed E-state index contributed by atoms with van der Waals surface area (Å²) in [6.45, 7) is 6.57. The Morgan fingerprint density at radius 2 is 1.31 bits per heavy atom. The van der Waals surface area contributed by atoms with Crippen molar-refractivity contribution in [2.75, 3.05) is 0 Å². The average molecular weight is 338 g/mol. The number of aromatic nitrogens is 2. The zero-order valence-corrected chi connectivity index (χ0v) is 15.4. The molecule has 0 saturated carbocycles. The minimum atomic E-state index is -0.0436. The monoisotopic (exact) mass is 338 g/mol. The molecule has 1 aromatic heterocycles. The lowest BCUT2D eigenvalue weighted by molar-refractivity contribution is 0.568. The molecular weight excluding hydrogens is 316 g/mol. The molecule has 0 aliphatic rings. The van der Waals surface area contributed by atoms with Gasteiger partial charge < -0.3 is 0 Å². The van der Waals surface area contributed by atoms with Crippen LogP contribution in [-0.2, 0) is 5.41 Å². The Morgan fingerprint density at radius 1 is 0.615 bits per heavy atom. The van der Waals surface area contributed by atoms with E-state index in [9.17, 15) is 0 Å². The second kappa shape index (κ2) is 6.38. The highest BCUT2D eigenvalue weighted by Crippen LogP contribution is 2.29. The minimum Gasteiger partial charge on any atom is -0.232 e. The van der Waals surface area contributed by atoms with Crippen LogP contribution in [0.3, 0.4) is 0 Å². The normalized spacial score (nSPS) is 11.7. The van der Waals surface area contributed by atoms with Crippen LogP contribution in [0, 0.1) is 0 Å². The molecule has 0 aliphatic carbocycles. The first-order valence-electron chi connectivity index (χ1n) is 8.95. The predicted octanol–water partition coefficient (Wildman–Crippen LogP) is 6.26. The summed E-state index contributed by atoms with van der Waals surface area (Å²) in [4.78, 5) is 9.73. The average Bonchev–Trinajstić information content (AvgIpc) is 2.67. The zero-order valence-electron chi connectivity index (χ0n) is 15.4. The van der Waals surface area contributed by atoms with Crippen molar-refractivity contribution in [3.63, 3.8) is 0 Å². The lowest BCUT2D eigenvalue weighted by atomic mass is 9.90. The summed E-state index contributed by atoms with van der Waals surface area (Å²) in [5, 5.41) is 2.46. The molecule has 3 aromatic carbocycles. The van der Waals surface area contributed by atoms with Crippen LogP contribution in [0.25, 0.3) is 33.4 Å². The van der Waals surface area contributed by atoms with Gasteiger partial charge in [0.2, 0.25) is 0 Å². The van der Waals surface area contributed by atoms with Crippen LogP contribution in [0.2, 0.25) is 0 Å². The summed E-state index contributed by atoms with van der Waals surface area (Å²) in [5.74, 6) is 0.779. The molecule has 0 radical (unpaired) electrons. The molecule has 0 atom stereocenters. The first kappa shape index (κ1) is 16.5. The van der Waals surface area contributed by atoms with Crippen molar-refractivity contribution in [3.05, 3.63) is 84.6 Å². The molecule has 128 valence electrons. The van der Waals surface area contributed by atoms with Crippen molar-refractivity contribution in [2.45, 2.75) is 26.2 Å². The lowest BCUT2D eigenvalue weighted by Crippen LogP contribution is -2.15. The van der Waals surface area contributed by atoms with Gasteiger partial charge in [-0.15, -0.1) is 0 Å². The van der Waals surface area contributed by atoms with Gasteiger partial charge in [0, 0.05) is 16.5 Å². The molecular formula is C24H22N2. The van der Waals surface area contributed by atoms with Gasteiger partial charge in [0.15, 0.2) is 5.82 Å². The molecule has 0 bridgehead atoms. The van der Waals surface area contributed by atoms with E-state index in [0.29, 0.717) is 0 Å². The van der Waals surface area contributed by atoms with Crippen molar-refractivity contribution in [2.24, 2.45) is 0 Å². The SMILES string of the molecule is CC(C)(C)c1cc(-c2ccc3ccccc3c2)nc(-c2ccccc2)n1. The van der Waals surface area contributed by atoms with E-state index in [1.54, 1.807) is 0 Å². The van der Waals surface area contributed by atoms with E-state index in [4.69, 9.17) is 9.97 Å². The van der Waals surface area contributed by atoms with Crippen LogP contribution >= 0.6 is 0 Å². The summed E-state index contributed by atoms with van der Waals surface area (Å²) in [7, 11) is 0. The maximum Gasteiger partial charge on any atom is 0.160 e. The number of benzene rings is 3. The van der Waals surface area contributed by atoms with E-state index in [-0.39, 0.29) is 5.41 Å². The van der Waals surface area contributed by atoms with Gasteiger partial charge in [-0.1, -0.05) is 87.5 Å². The Kier molecular flexibility index (Phi) is 4.04. The van der Waals surface area contributed by atoms with Gasteiger partial charge in [-0.3, -0.25) is 0 Å². The summed E-state index contributed by atoms with van der Waals surface area (Å²) in [6.07, 6.45) is 0. The fraction of sp³-hybridized carbons (Fsp3) is 0.167. The Hall–Kier alpha value is -3.00. The lowest BCUT2D eigenvalue weighted by Gasteiger charge is -2.19. The third-order valence-corrected chi connectivity index (χ3v) is 4.57. The fourth-order valence-electron chi connectivity index (χ4n) is 3.04. The largest absolute Gasteiger partial charge is 0.232 e. The third-order valence-electron chi connectivity index (χ3n) is 4.57. The highest BCUT2D eigenvalue weighted by atomic mass is 14.9. The topological polar surface area (TPSA) is 25.8 Å². The Balaban J connectivity index is 1.91. The van der Waals surface area contributed by atoms with Gasteiger partial charge in [-0.2, -0.15) is 0 Å². The maximum absolute atomic E-state index is 4.88. The summed E-state index contributed by atoms with van der Waals surface area (Å²) < 4.78 is 0. The fourth-order valence-corrected chi connectivity index (χ4v) is 3.04. The van der Waals surface area contributed by atoms with Gasteiger partial charge in [-0.05, 0) is 22.9 Å². The quantitative estimate of drug-likeness (QED) is 0.431. The minimum absolute atomic E-state index is 0.0436. The van der Waals surface area contributed by atoms with Crippen molar-refractivity contribution >= 4 is 10.8 Å². The Bertz CT molecular complexity index is 1060. The number of rotatable bonds is 2. The molecule has 1 heterocycles. The van der Waals surface area contributed by atoms with E-state index < -0.39 is 0 Å². The first-order valence-corrected chi connectivity index (χ1v) is 8.95. The van der Waals surface area contributed by atoms with Gasteiger partial charge in [0.05, 0.1) is 11.4 Å². The zero-order chi connectivity index (χ0) is 18.1. The van der Waals surface area contributed by atoms with E-state index in [1.807, 2.05) is 18.2 Å². The Labute approximate surface area is 154 Å². The molecule has 0 spiro atoms. The number of hydrogen-bond donors (Lipinski definition) is 0. The molecule has 4 aromatic rings. The number of hydrogen-bond acceptors (Lipinski definition) is 2. The van der Waals surface area contributed by atoms with E-state index in [1.165, 1.54) is 10.8 Å². The maximum atomic E-state index is 4.88. The van der Waals surface area contributed by atoms with Crippen LogP contribution in [-0.4, -0.2) is 9.97 Å². The molecule has 0 aliphatic heterocycles. The van der Waals surface area contributed by atoms with Crippen LogP contribution in [0.15, 0.2) is 78.9 Å². The molecule has 2 nitrogen and oxygen atoms in total. The van der Waals surface area contributed by atoms with Gasteiger partial charge in [-0.25, -0.2) is 9.97 Å². The predicted molar refractivity (Wildman–Crippen MR) is 109 cm³/mol. The molecule has 0 N–H and O–H groups in total. The number of fused-ring (bicyclic) bond motifs is 1. The standard InChI is InChI=1S/C24H22N2/c1-24(2,3)22-16-21(25-23(26-22)18-10-5-4-6-11-18)20-14-13-17-9-7-8-12-19(17)15-20/h4-16H,1-3H3. The second-order valence-electron chi connectivity index (χ2n) is 7.64. The van der Waals surface area contributed by atoms with Gasteiger partial charge >= 0.3 is 0 Å². The van der Waals surface area contributed by atoms with Crippen molar-refractivity contribution in [1.29, 1.82) is 0 Å². The van der Waals surface area contributed by atoms with Gasteiger partial charge in [0.1, 0.15) is 0 Å². The van der Waals surface area contributed by atoms with E-state index in [2.05, 4.69) is 81.4 Å². The van der Waals surface area contributed by atoms with Crippen LogP contribution in [0.5, 0.6) is 0 Å². The van der Waals surface area contributed by atoms with E-state index >= 15 is 0 Å². The van der Waals surface area contributed by atoms with Crippen LogP contribution < -0.4 is 0 Å².